The molecule has 0 fully saturated rings. The predicted molar refractivity (Wildman–Crippen MR) is 81.8 cm³/mol. The summed E-state index contributed by atoms with van der Waals surface area (Å²) in [6.45, 7) is 2.50. The number of hydrogen-bond acceptors (Lipinski definition) is 2. The van der Waals surface area contributed by atoms with Crippen LogP contribution < -0.4 is 10.8 Å². The Morgan fingerprint density at radius 1 is 1.11 bits per heavy atom. The third kappa shape index (κ3) is 4.69. The Morgan fingerprint density at radius 2 is 1.89 bits per heavy atom. The van der Waals surface area contributed by atoms with Crippen molar-refractivity contribution in [2.24, 2.45) is 0 Å². The van der Waals surface area contributed by atoms with E-state index in [1.54, 1.807) is 0 Å². The van der Waals surface area contributed by atoms with Gasteiger partial charge in [-0.05, 0) is 42.4 Å². The molecule has 2 aromatic rings. The van der Waals surface area contributed by atoms with Gasteiger partial charge in [-0.25, -0.2) is 5.48 Å². The number of anilines is 1. The zero-order valence-corrected chi connectivity index (χ0v) is 11.5. The number of nitrogens with one attached hydrogen (secondary N) is 2. The van der Waals surface area contributed by atoms with Crippen LogP contribution in [-0.2, 0) is 11.4 Å². The molecular formula is C15H16N2OS. The number of hydrogen-bond donors (Lipinski definition) is 2. The zero-order valence-electron chi connectivity index (χ0n) is 10.7. The van der Waals surface area contributed by atoms with E-state index in [4.69, 9.17) is 17.1 Å². The van der Waals surface area contributed by atoms with Gasteiger partial charge >= 0.3 is 0 Å². The van der Waals surface area contributed by atoms with Crippen LogP contribution in [0.1, 0.15) is 11.1 Å². The van der Waals surface area contributed by atoms with Crippen LogP contribution in [0.3, 0.4) is 0 Å². The maximum absolute atomic E-state index is 5.33. The molecule has 0 unspecified atom stereocenters. The molecule has 2 aromatic carbocycles. The second-order valence-corrected chi connectivity index (χ2v) is 4.61. The quantitative estimate of drug-likeness (QED) is 0.660. The Kier molecular flexibility index (Phi) is 4.89. The fourth-order valence-corrected chi connectivity index (χ4v) is 1.82. The highest BCUT2D eigenvalue weighted by Crippen LogP contribution is 2.09. The van der Waals surface area contributed by atoms with Crippen LogP contribution in [0.15, 0.2) is 54.6 Å². The Labute approximate surface area is 118 Å². The molecule has 19 heavy (non-hydrogen) atoms. The fraction of sp³-hybridized carbons (Fsp3) is 0.133. The normalized spacial score (nSPS) is 9.95. The molecule has 2 N–H and O–H groups in total. The lowest BCUT2D eigenvalue weighted by Gasteiger charge is -2.10. The number of hydroxylamine groups is 1. The number of thiocarbonyl (C=S) groups is 1. The first-order chi connectivity index (χ1) is 9.24. The first-order valence-electron chi connectivity index (χ1n) is 6.03. The van der Waals surface area contributed by atoms with Crippen molar-refractivity contribution in [1.29, 1.82) is 0 Å². The smallest absolute Gasteiger partial charge is 0.195 e. The van der Waals surface area contributed by atoms with Crippen molar-refractivity contribution in [3.8, 4) is 0 Å². The summed E-state index contributed by atoms with van der Waals surface area (Å²) in [6.07, 6.45) is 0. The summed E-state index contributed by atoms with van der Waals surface area (Å²) in [7, 11) is 0. The average molecular weight is 272 g/mol. The van der Waals surface area contributed by atoms with E-state index < -0.39 is 0 Å². The van der Waals surface area contributed by atoms with Gasteiger partial charge in [-0.1, -0.05) is 42.5 Å². The van der Waals surface area contributed by atoms with Crippen molar-refractivity contribution in [2.45, 2.75) is 13.5 Å². The van der Waals surface area contributed by atoms with Crippen LogP contribution in [0.4, 0.5) is 5.69 Å². The molecule has 0 aliphatic carbocycles. The summed E-state index contributed by atoms with van der Waals surface area (Å²) in [5.74, 6) is 0. The van der Waals surface area contributed by atoms with Crippen molar-refractivity contribution < 1.29 is 4.84 Å². The number of aryl methyl sites for hydroxylation is 1. The Morgan fingerprint density at radius 3 is 2.63 bits per heavy atom. The largest absolute Gasteiger partial charge is 0.331 e. The van der Waals surface area contributed by atoms with Crippen LogP contribution in [-0.4, -0.2) is 5.11 Å². The Bertz CT molecular complexity index is 543. The molecule has 0 atom stereocenters. The number of rotatable bonds is 4. The van der Waals surface area contributed by atoms with Crippen molar-refractivity contribution in [2.75, 3.05) is 5.32 Å². The zero-order chi connectivity index (χ0) is 13.5. The molecular weight excluding hydrogens is 256 g/mol. The van der Waals surface area contributed by atoms with Gasteiger partial charge in [0, 0.05) is 5.69 Å². The van der Waals surface area contributed by atoms with Gasteiger partial charge in [-0.3, -0.25) is 4.84 Å². The van der Waals surface area contributed by atoms with Crippen molar-refractivity contribution in [3.63, 3.8) is 0 Å². The van der Waals surface area contributed by atoms with Crippen LogP contribution in [0.5, 0.6) is 0 Å². The summed E-state index contributed by atoms with van der Waals surface area (Å²) in [6, 6.07) is 17.9. The van der Waals surface area contributed by atoms with Gasteiger partial charge in [-0.15, -0.1) is 0 Å². The Balaban J connectivity index is 1.76. The molecule has 3 nitrogen and oxygen atoms in total. The van der Waals surface area contributed by atoms with E-state index in [-0.39, 0.29) is 0 Å². The third-order valence-corrected chi connectivity index (χ3v) is 2.71. The van der Waals surface area contributed by atoms with E-state index in [0.29, 0.717) is 11.7 Å². The molecule has 2 rings (SSSR count). The minimum absolute atomic E-state index is 0.446. The number of benzene rings is 2. The highest BCUT2D eigenvalue weighted by molar-refractivity contribution is 7.80. The molecule has 98 valence electrons. The van der Waals surface area contributed by atoms with Gasteiger partial charge in [0.15, 0.2) is 5.11 Å². The molecule has 0 spiro atoms. The van der Waals surface area contributed by atoms with Gasteiger partial charge < -0.3 is 5.32 Å². The first kappa shape index (κ1) is 13.5. The molecule has 0 bridgehead atoms. The third-order valence-electron chi connectivity index (χ3n) is 2.52. The maximum Gasteiger partial charge on any atom is 0.195 e. The van der Waals surface area contributed by atoms with Gasteiger partial charge in [0.1, 0.15) is 0 Å². The minimum atomic E-state index is 0.446. The van der Waals surface area contributed by atoms with Crippen molar-refractivity contribution in [1.82, 2.24) is 5.48 Å². The second kappa shape index (κ2) is 6.87. The molecule has 0 aromatic heterocycles. The van der Waals surface area contributed by atoms with E-state index in [9.17, 15) is 0 Å². The molecule has 0 amide bonds. The van der Waals surface area contributed by atoms with Gasteiger partial charge in [0.2, 0.25) is 0 Å². The van der Waals surface area contributed by atoms with E-state index in [1.807, 2.05) is 61.5 Å². The van der Waals surface area contributed by atoms with E-state index in [0.717, 1.165) is 11.3 Å². The van der Waals surface area contributed by atoms with Crippen molar-refractivity contribution in [3.05, 3.63) is 65.7 Å². The molecule has 4 heteroatoms. The fourth-order valence-electron chi connectivity index (χ4n) is 1.64. The molecule has 0 heterocycles. The minimum Gasteiger partial charge on any atom is -0.331 e. The van der Waals surface area contributed by atoms with Crippen molar-refractivity contribution >= 4 is 23.0 Å². The topological polar surface area (TPSA) is 33.3 Å². The predicted octanol–water partition coefficient (Wildman–Crippen LogP) is 3.41. The summed E-state index contributed by atoms with van der Waals surface area (Å²) in [4.78, 5) is 5.33. The highest BCUT2D eigenvalue weighted by Gasteiger charge is 1.98. The SMILES string of the molecule is Cc1cccc(NC(=S)NOCc2ccccc2)c1. The first-order valence-corrected chi connectivity index (χ1v) is 6.44. The monoisotopic (exact) mass is 272 g/mol. The van der Waals surface area contributed by atoms with Gasteiger partial charge in [0.25, 0.3) is 0 Å². The highest BCUT2D eigenvalue weighted by atomic mass is 32.1. The van der Waals surface area contributed by atoms with Crippen LogP contribution in [0.2, 0.25) is 0 Å². The summed E-state index contributed by atoms with van der Waals surface area (Å²) >= 11 is 5.15. The van der Waals surface area contributed by atoms with Crippen LogP contribution >= 0.6 is 12.2 Å². The molecule has 0 aliphatic rings. The molecule has 0 saturated heterocycles. The van der Waals surface area contributed by atoms with E-state index >= 15 is 0 Å². The summed E-state index contributed by atoms with van der Waals surface area (Å²) in [5, 5.41) is 3.51. The van der Waals surface area contributed by atoms with Crippen LogP contribution in [0.25, 0.3) is 0 Å². The second-order valence-electron chi connectivity index (χ2n) is 4.20. The Hall–Kier alpha value is -1.91. The molecule has 0 saturated carbocycles. The van der Waals surface area contributed by atoms with E-state index in [1.165, 1.54) is 5.56 Å². The van der Waals surface area contributed by atoms with Crippen LogP contribution in [0, 0.1) is 6.92 Å². The van der Waals surface area contributed by atoms with Gasteiger partial charge in [0.05, 0.1) is 6.61 Å². The standard InChI is InChI=1S/C15H16N2OS/c1-12-6-5-9-14(10-12)16-15(19)17-18-11-13-7-3-2-4-8-13/h2-10H,11H2,1H3,(H2,16,17,19). The average Bonchev–Trinajstić information content (AvgIpc) is 2.40. The molecule has 0 aliphatic heterocycles. The summed E-state index contributed by atoms with van der Waals surface area (Å²) < 4.78 is 0. The van der Waals surface area contributed by atoms with E-state index in [2.05, 4.69) is 10.8 Å². The van der Waals surface area contributed by atoms with Gasteiger partial charge in [-0.2, -0.15) is 0 Å². The molecule has 0 radical (unpaired) electrons. The lowest BCUT2D eigenvalue weighted by atomic mass is 10.2. The lowest BCUT2D eigenvalue weighted by molar-refractivity contribution is 0.0728. The maximum atomic E-state index is 5.33. The summed E-state index contributed by atoms with van der Waals surface area (Å²) in [5.41, 5.74) is 5.93. The lowest BCUT2D eigenvalue weighted by Crippen LogP contribution is -2.28.